The average molecular weight is 332 g/mol. The summed E-state index contributed by atoms with van der Waals surface area (Å²) >= 11 is 0. The molecule has 1 atom stereocenters. The highest BCUT2D eigenvalue weighted by Crippen LogP contribution is 2.31. The summed E-state index contributed by atoms with van der Waals surface area (Å²) in [7, 11) is 0. The van der Waals surface area contributed by atoms with Gasteiger partial charge in [-0.3, -0.25) is 14.9 Å². The number of aromatic nitrogens is 2. The van der Waals surface area contributed by atoms with E-state index in [1.165, 1.54) is 16.5 Å². The normalized spacial score (nSPS) is 17.3. The summed E-state index contributed by atoms with van der Waals surface area (Å²) in [4.78, 5) is 12.0. The highest BCUT2D eigenvalue weighted by atomic mass is 15.2. The molecule has 1 aromatic carbocycles. The van der Waals surface area contributed by atoms with Crippen LogP contribution >= 0.6 is 0 Å². The summed E-state index contributed by atoms with van der Waals surface area (Å²) in [5.41, 5.74) is 4.64. The molecule has 128 valence electrons. The second-order valence-electron chi connectivity index (χ2n) is 6.71. The van der Waals surface area contributed by atoms with Gasteiger partial charge in [-0.1, -0.05) is 24.3 Å². The van der Waals surface area contributed by atoms with Crippen molar-refractivity contribution in [2.24, 2.45) is 0 Å². The largest absolute Gasteiger partial charge is 0.315 e. The van der Waals surface area contributed by atoms with E-state index in [1.54, 1.807) is 0 Å². The Morgan fingerprint density at radius 1 is 1.04 bits per heavy atom. The molecular weight excluding hydrogens is 308 g/mol. The van der Waals surface area contributed by atoms with Crippen LogP contribution < -0.4 is 5.32 Å². The minimum absolute atomic E-state index is 0.151. The fraction of sp³-hybridized carbons (Fsp3) is 0.333. The van der Waals surface area contributed by atoms with Crippen molar-refractivity contribution in [3.8, 4) is 0 Å². The van der Waals surface area contributed by atoms with Crippen LogP contribution in [0.15, 0.2) is 54.9 Å². The van der Waals surface area contributed by atoms with Crippen LogP contribution in [0.3, 0.4) is 0 Å². The van der Waals surface area contributed by atoms with Crippen molar-refractivity contribution in [3.05, 3.63) is 71.7 Å². The van der Waals surface area contributed by atoms with Gasteiger partial charge in [0, 0.05) is 37.4 Å². The average Bonchev–Trinajstić information content (AvgIpc) is 2.93. The lowest BCUT2D eigenvalue weighted by molar-refractivity contribution is 0.236. The molecule has 1 N–H and O–H groups in total. The van der Waals surface area contributed by atoms with Crippen LogP contribution in [0.2, 0.25) is 0 Å². The molecule has 1 unspecified atom stereocenters. The van der Waals surface area contributed by atoms with Gasteiger partial charge in [0.25, 0.3) is 0 Å². The van der Waals surface area contributed by atoms with Gasteiger partial charge >= 0.3 is 0 Å². The molecule has 25 heavy (non-hydrogen) atoms. The zero-order valence-corrected chi connectivity index (χ0v) is 14.7. The molecule has 0 aliphatic carbocycles. The molecule has 3 heterocycles. The summed E-state index contributed by atoms with van der Waals surface area (Å²) in [5.74, 6) is 0. The number of nitrogens with one attached hydrogen (secondary N) is 1. The number of aryl methyl sites for hydroxylation is 1. The van der Waals surface area contributed by atoms with Gasteiger partial charge in [-0.2, -0.15) is 0 Å². The lowest BCUT2D eigenvalue weighted by Gasteiger charge is -2.31. The first-order chi connectivity index (χ1) is 12.3. The molecule has 0 radical (unpaired) electrons. The van der Waals surface area contributed by atoms with Gasteiger partial charge in [-0.15, -0.1) is 0 Å². The molecular formula is C21H24N4. The van der Waals surface area contributed by atoms with Gasteiger partial charge in [-0.05, 0) is 49.2 Å². The fourth-order valence-corrected chi connectivity index (χ4v) is 3.69. The van der Waals surface area contributed by atoms with Crippen molar-refractivity contribution in [1.82, 2.24) is 20.2 Å². The number of benzene rings is 1. The van der Waals surface area contributed by atoms with E-state index in [0.717, 1.165) is 43.8 Å². The quantitative estimate of drug-likeness (QED) is 0.799. The summed E-state index contributed by atoms with van der Waals surface area (Å²) in [5, 5.41) is 4.69. The molecule has 4 rings (SSSR count). The maximum Gasteiger partial charge on any atom is 0.0794 e. The number of pyridine rings is 2. The fourth-order valence-electron chi connectivity index (χ4n) is 3.69. The number of fused-ring (bicyclic) bond motifs is 1. The Morgan fingerprint density at radius 3 is 2.88 bits per heavy atom. The first kappa shape index (κ1) is 16.2. The third-order valence-corrected chi connectivity index (χ3v) is 4.98. The van der Waals surface area contributed by atoms with Crippen molar-refractivity contribution in [2.45, 2.75) is 19.4 Å². The van der Waals surface area contributed by atoms with E-state index in [1.807, 2.05) is 24.5 Å². The van der Waals surface area contributed by atoms with Crippen LogP contribution in [0.5, 0.6) is 0 Å². The van der Waals surface area contributed by atoms with E-state index < -0.39 is 0 Å². The lowest BCUT2D eigenvalue weighted by atomic mass is 9.98. The van der Waals surface area contributed by atoms with E-state index in [2.05, 4.69) is 47.5 Å². The highest BCUT2D eigenvalue weighted by molar-refractivity contribution is 5.79. The number of rotatable bonds is 3. The zero-order chi connectivity index (χ0) is 17.1. The highest BCUT2D eigenvalue weighted by Gasteiger charge is 2.26. The molecule has 1 aliphatic rings. The predicted molar refractivity (Wildman–Crippen MR) is 102 cm³/mol. The molecule has 2 aromatic heterocycles. The van der Waals surface area contributed by atoms with E-state index in [4.69, 9.17) is 9.97 Å². The maximum absolute atomic E-state index is 4.75. The van der Waals surface area contributed by atoms with Gasteiger partial charge in [0.15, 0.2) is 0 Å². The maximum atomic E-state index is 4.75. The van der Waals surface area contributed by atoms with Crippen molar-refractivity contribution in [1.29, 1.82) is 0 Å². The Bertz CT molecular complexity index is 853. The second kappa shape index (κ2) is 7.30. The van der Waals surface area contributed by atoms with Crippen molar-refractivity contribution < 1.29 is 0 Å². The molecule has 0 amide bonds. The van der Waals surface area contributed by atoms with Crippen LogP contribution in [0.1, 0.15) is 29.3 Å². The molecule has 3 aromatic rings. The van der Waals surface area contributed by atoms with E-state index in [-0.39, 0.29) is 6.04 Å². The van der Waals surface area contributed by atoms with Crippen molar-refractivity contribution in [2.75, 3.05) is 26.2 Å². The van der Waals surface area contributed by atoms with Crippen molar-refractivity contribution in [3.63, 3.8) is 0 Å². The SMILES string of the molecule is Cc1cccnc1C(c1cnc2ccccc2c1)N1CCCNCC1. The smallest absolute Gasteiger partial charge is 0.0794 e. The summed E-state index contributed by atoms with van der Waals surface area (Å²) in [6.45, 7) is 6.34. The predicted octanol–water partition coefficient (Wildman–Crippen LogP) is 3.32. The first-order valence-electron chi connectivity index (χ1n) is 9.04. The van der Waals surface area contributed by atoms with Crippen LogP contribution in [0.4, 0.5) is 0 Å². The number of para-hydroxylation sites is 1. The summed E-state index contributed by atoms with van der Waals surface area (Å²) in [6.07, 6.45) is 5.09. The van der Waals surface area contributed by atoms with Gasteiger partial charge in [0.1, 0.15) is 0 Å². The van der Waals surface area contributed by atoms with E-state index >= 15 is 0 Å². The topological polar surface area (TPSA) is 41.1 Å². The van der Waals surface area contributed by atoms with Gasteiger partial charge in [0.05, 0.1) is 17.3 Å². The van der Waals surface area contributed by atoms with Gasteiger partial charge in [-0.25, -0.2) is 0 Å². The first-order valence-corrected chi connectivity index (χ1v) is 9.04. The minimum Gasteiger partial charge on any atom is -0.315 e. The summed E-state index contributed by atoms with van der Waals surface area (Å²) < 4.78 is 0. The summed E-state index contributed by atoms with van der Waals surface area (Å²) in [6, 6.07) is 14.9. The third-order valence-electron chi connectivity index (χ3n) is 4.98. The molecule has 0 saturated carbocycles. The number of hydrogen-bond acceptors (Lipinski definition) is 4. The Hall–Kier alpha value is -2.30. The monoisotopic (exact) mass is 332 g/mol. The standard InChI is InChI=1S/C21H24N4/c1-16-6-4-10-23-20(16)21(25-12-5-9-22-11-13-25)18-14-17-7-2-3-8-19(17)24-15-18/h2-4,6-8,10,14-15,21-22H,5,9,11-13H2,1H3. The van der Waals surface area contributed by atoms with E-state index in [9.17, 15) is 0 Å². The van der Waals surface area contributed by atoms with Gasteiger partial charge in [0.2, 0.25) is 0 Å². The molecule has 1 aliphatic heterocycles. The Labute approximate surface area is 148 Å². The molecule has 1 saturated heterocycles. The van der Waals surface area contributed by atoms with Crippen LogP contribution in [0, 0.1) is 6.92 Å². The van der Waals surface area contributed by atoms with E-state index in [0.29, 0.717) is 0 Å². The third kappa shape index (κ3) is 3.41. The Balaban J connectivity index is 1.81. The van der Waals surface area contributed by atoms with Crippen LogP contribution in [-0.2, 0) is 0 Å². The molecule has 0 bridgehead atoms. The van der Waals surface area contributed by atoms with Crippen LogP contribution in [0.25, 0.3) is 10.9 Å². The minimum atomic E-state index is 0.151. The Kier molecular flexibility index (Phi) is 4.72. The molecule has 0 spiro atoms. The van der Waals surface area contributed by atoms with Crippen molar-refractivity contribution >= 4 is 10.9 Å². The van der Waals surface area contributed by atoms with Gasteiger partial charge < -0.3 is 5.32 Å². The Morgan fingerprint density at radius 2 is 1.96 bits per heavy atom. The lowest BCUT2D eigenvalue weighted by Crippen LogP contribution is -2.34. The molecule has 1 fully saturated rings. The zero-order valence-electron chi connectivity index (χ0n) is 14.7. The molecule has 4 heteroatoms. The number of nitrogens with zero attached hydrogens (tertiary/aromatic N) is 3. The number of hydrogen-bond donors (Lipinski definition) is 1. The molecule has 4 nitrogen and oxygen atoms in total. The second-order valence-corrected chi connectivity index (χ2v) is 6.71. The van der Waals surface area contributed by atoms with Crippen LogP contribution in [-0.4, -0.2) is 41.0 Å².